The van der Waals surface area contributed by atoms with Crippen LogP contribution in [0.2, 0.25) is 0 Å². The molecule has 1 aromatic carbocycles. The van der Waals surface area contributed by atoms with E-state index in [0.717, 1.165) is 18.4 Å². The summed E-state index contributed by atoms with van der Waals surface area (Å²) in [6.07, 6.45) is 3.61. The highest BCUT2D eigenvalue weighted by Crippen LogP contribution is 2.43. The van der Waals surface area contributed by atoms with Gasteiger partial charge < -0.3 is 4.74 Å². The highest BCUT2D eigenvalue weighted by Gasteiger charge is 2.46. The van der Waals surface area contributed by atoms with Crippen LogP contribution >= 0.6 is 0 Å². The molecular weight excluding hydrogens is 293 g/mol. The van der Waals surface area contributed by atoms with Crippen LogP contribution in [-0.2, 0) is 9.53 Å². The molecule has 2 atom stereocenters. The first-order chi connectivity index (χ1) is 10.9. The van der Waals surface area contributed by atoms with E-state index in [2.05, 4.69) is 11.5 Å². The molecule has 4 heteroatoms. The van der Waals surface area contributed by atoms with Crippen LogP contribution in [0.15, 0.2) is 36.9 Å². The topological polar surface area (TPSA) is 29.5 Å². The molecule has 126 valence electrons. The van der Waals surface area contributed by atoms with Gasteiger partial charge in [0.05, 0.1) is 12.0 Å². The minimum absolute atomic E-state index is 0.0489. The molecule has 0 aromatic heterocycles. The van der Waals surface area contributed by atoms with Gasteiger partial charge in [0.15, 0.2) is 0 Å². The van der Waals surface area contributed by atoms with E-state index in [4.69, 9.17) is 4.74 Å². The Labute approximate surface area is 138 Å². The van der Waals surface area contributed by atoms with Crippen molar-refractivity contribution in [2.45, 2.75) is 45.7 Å². The molecule has 0 saturated carbocycles. The number of likely N-dealkylation sites (tertiary alicyclic amines) is 1. The fourth-order valence-corrected chi connectivity index (χ4v) is 3.57. The second-order valence-corrected chi connectivity index (χ2v) is 6.59. The molecule has 23 heavy (non-hydrogen) atoms. The second kappa shape index (κ2) is 7.26. The maximum atomic E-state index is 13.6. The lowest BCUT2D eigenvalue weighted by Gasteiger charge is -2.38. The Balaban J connectivity index is 2.29. The smallest absolute Gasteiger partial charge is 0.313 e. The van der Waals surface area contributed by atoms with E-state index in [1.165, 1.54) is 6.07 Å². The average molecular weight is 319 g/mol. The molecule has 3 nitrogen and oxygen atoms in total. The van der Waals surface area contributed by atoms with Gasteiger partial charge in [0.25, 0.3) is 0 Å². The summed E-state index contributed by atoms with van der Waals surface area (Å²) >= 11 is 0. The molecule has 0 amide bonds. The van der Waals surface area contributed by atoms with Gasteiger partial charge in [-0.15, -0.1) is 6.58 Å². The van der Waals surface area contributed by atoms with Crippen molar-refractivity contribution >= 4 is 5.97 Å². The Hall–Kier alpha value is -1.68. The predicted octanol–water partition coefficient (Wildman–Crippen LogP) is 4.11. The summed E-state index contributed by atoms with van der Waals surface area (Å²) in [5, 5.41) is 0. The minimum Gasteiger partial charge on any atom is -0.466 e. The Morgan fingerprint density at radius 3 is 2.83 bits per heavy atom. The molecule has 1 heterocycles. The van der Waals surface area contributed by atoms with Gasteiger partial charge >= 0.3 is 5.97 Å². The predicted molar refractivity (Wildman–Crippen MR) is 89.5 cm³/mol. The van der Waals surface area contributed by atoms with Crippen LogP contribution in [0.1, 0.15) is 45.2 Å². The molecule has 1 fully saturated rings. The molecule has 0 bridgehead atoms. The van der Waals surface area contributed by atoms with E-state index >= 15 is 0 Å². The van der Waals surface area contributed by atoms with Gasteiger partial charge in [-0.05, 0) is 51.3 Å². The number of rotatable bonds is 6. The van der Waals surface area contributed by atoms with Crippen LogP contribution in [0.25, 0.3) is 0 Å². The van der Waals surface area contributed by atoms with E-state index < -0.39 is 5.41 Å². The van der Waals surface area contributed by atoms with Crippen molar-refractivity contribution in [3.8, 4) is 0 Å². The number of hydrogen-bond acceptors (Lipinski definition) is 3. The van der Waals surface area contributed by atoms with Crippen molar-refractivity contribution < 1.29 is 13.9 Å². The van der Waals surface area contributed by atoms with Gasteiger partial charge in [-0.25, -0.2) is 4.39 Å². The molecule has 1 aliphatic heterocycles. The van der Waals surface area contributed by atoms with E-state index in [1.54, 1.807) is 12.1 Å². The van der Waals surface area contributed by atoms with Crippen LogP contribution in [0, 0.1) is 11.2 Å². The SMILES string of the molecule is C=CCN1[C@H](c2cccc(F)c2)CC[C@@H]1C(C)(C)C(=O)OCC. The first-order valence-corrected chi connectivity index (χ1v) is 8.21. The third-order valence-electron chi connectivity index (χ3n) is 4.72. The molecule has 0 radical (unpaired) electrons. The first kappa shape index (κ1) is 17.7. The highest BCUT2D eigenvalue weighted by atomic mass is 19.1. The summed E-state index contributed by atoms with van der Waals surface area (Å²) in [5.74, 6) is -0.409. The van der Waals surface area contributed by atoms with Crippen molar-refractivity contribution in [2.24, 2.45) is 5.41 Å². The summed E-state index contributed by atoms with van der Waals surface area (Å²) in [6.45, 7) is 10.6. The lowest BCUT2D eigenvalue weighted by Crippen LogP contribution is -2.47. The largest absolute Gasteiger partial charge is 0.466 e. The Morgan fingerprint density at radius 2 is 2.22 bits per heavy atom. The third kappa shape index (κ3) is 3.63. The Kier molecular flexibility index (Phi) is 5.58. The van der Waals surface area contributed by atoms with Gasteiger partial charge in [0.2, 0.25) is 0 Å². The zero-order chi connectivity index (χ0) is 17.0. The molecule has 0 aliphatic carbocycles. The quantitative estimate of drug-likeness (QED) is 0.584. The lowest BCUT2D eigenvalue weighted by molar-refractivity contribution is -0.157. The normalized spacial score (nSPS) is 22.1. The number of carbonyl (C=O) groups is 1. The maximum Gasteiger partial charge on any atom is 0.313 e. The van der Waals surface area contributed by atoms with Gasteiger partial charge in [0, 0.05) is 18.6 Å². The van der Waals surface area contributed by atoms with Crippen LogP contribution in [0.5, 0.6) is 0 Å². The third-order valence-corrected chi connectivity index (χ3v) is 4.72. The average Bonchev–Trinajstić information content (AvgIpc) is 2.92. The molecule has 1 aliphatic rings. The van der Waals surface area contributed by atoms with E-state index in [1.807, 2.05) is 32.9 Å². The Bertz CT molecular complexity index is 570. The van der Waals surface area contributed by atoms with E-state index in [-0.39, 0.29) is 23.9 Å². The molecule has 0 N–H and O–H groups in total. The van der Waals surface area contributed by atoms with E-state index in [0.29, 0.717) is 13.2 Å². The second-order valence-electron chi connectivity index (χ2n) is 6.59. The minimum atomic E-state index is -0.610. The summed E-state index contributed by atoms with van der Waals surface area (Å²) in [6, 6.07) is 6.87. The highest BCUT2D eigenvalue weighted by molar-refractivity contribution is 5.77. The number of halogens is 1. The number of nitrogens with zero attached hydrogens (tertiary/aromatic N) is 1. The van der Waals surface area contributed by atoms with Gasteiger partial charge in [0.1, 0.15) is 5.82 Å². The fraction of sp³-hybridized carbons (Fsp3) is 0.526. The molecule has 1 aromatic rings. The van der Waals surface area contributed by atoms with Crippen LogP contribution < -0.4 is 0 Å². The monoisotopic (exact) mass is 319 g/mol. The summed E-state index contributed by atoms with van der Waals surface area (Å²) in [7, 11) is 0. The fourth-order valence-electron chi connectivity index (χ4n) is 3.57. The van der Waals surface area contributed by atoms with Crippen molar-refractivity contribution in [1.29, 1.82) is 0 Å². The van der Waals surface area contributed by atoms with Crippen molar-refractivity contribution in [3.05, 3.63) is 48.3 Å². The maximum absolute atomic E-state index is 13.6. The number of carbonyl (C=O) groups excluding carboxylic acids is 1. The van der Waals surface area contributed by atoms with Crippen molar-refractivity contribution in [2.75, 3.05) is 13.2 Å². The number of ether oxygens (including phenoxy) is 1. The zero-order valence-electron chi connectivity index (χ0n) is 14.2. The standard InChI is InChI=1S/C19H26FNO2/c1-5-12-21-16(14-8-7-9-15(20)13-14)10-11-17(21)19(3,4)18(22)23-6-2/h5,7-9,13,16-17H,1,6,10-12H2,2-4H3/t16-,17+/m0/s1. The van der Waals surface area contributed by atoms with Crippen molar-refractivity contribution in [1.82, 2.24) is 4.90 Å². The zero-order valence-corrected chi connectivity index (χ0v) is 14.2. The summed E-state index contributed by atoms with van der Waals surface area (Å²) < 4.78 is 18.8. The molecule has 0 spiro atoms. The van der Waals surface area contributed by atoms with Crippen LogP contribution in [0.4, 0.5) is 4.39 Å². The number of hydrogen-bond donors (Lipinski definition) is 0. The van der Waals surface area contributed by atoms with Gasteiger partial charge in [-0.1, -0.05) is 18.2 Å². The summed E-state index contributed by atoms with van der Waals surface area (Å²) in [5.41, 5.74) is 0.343. The molecule has 2 rings (SSSR count). The van der Waals surface area contributed by atoms with E-state index in [9.17, 15) is 9.18 Å². The van der Waals surface area contributed by atoms with Gasteiger partial charge in [-0.3, -0.25) is 9.69 Å². The molecular formula is C19H26FNO2. The van der Waals surface area contributed by atoms with Gasteiger partial charge in [-0.2, -0.15) is 0 Å². The van der Waals surface area contributed by atoms with Crippen molar-refractivity contribution in [3.63, 3.8) is 0 Å². The Morgan fingerprint density at radius 1 is 1.48 bits per heavy atom. The lowest BCUT2D eigenvalue weighted by atomic mass is 9.83. The molecule has 0 unspecified atom stereocenters. The van der Waals surface area contributed by atoms with Crippen LogP contribution in [-0.4, -0.2) is 30.1 Å². The number of benzene rings is 1. The van der Waals surface area contributed by atoms with Crippen LogP contribution in [0.3, 0.4) is 0 Å². The number of esters is 1. The first-order valence-electron chi connectivity index (χ1n) is 8.21. The summed E-state index contributed by atoms with van der Waals surface area (Å²) in [4.78, 5) is 14.6. The molecule has 1 saturated heterocycles.